The van der Waals surface area contributed by atoms with Gasteiger partial charge in [-0.25, -0.2) is 4.98 Å². The Kier molecular flexibility index (Phi) is 3.74. The molecule has 0 fully saturated rings. The highest BCUT2D eigenvalue weighted by Crippen LogP contribution is 2.07. The monoisotopic (exact) mass is 244 g/mol. The molecule has 94 valence electrons. The Bertz CT molecular complexity index is 547. The summed E-state index contributed by atoms with van der Waals surface area (Å²) in [4.78, 5) is 15.8. The number of aryl methyl sites for hydroxylation is 1. The van der Waals surface area contributed by atoms with E-state index in [1.807, 2.05) is 31.3 Å². The fourth-order valence-corrected chi connectivity index (χ4v) is 1.73. The number of hydrogen-bond acceptors (Lipinski definition) is 3. The van der Waals surface area contributed by atoms with Crippen molar-refractivity contribution < 1.29 is 4.79 Å². The van der Waals surface area contributed by atoms with E-state index in [9.17, 15) is 4.79 Å². The molecule has 0 saturated carbocycles. The summed E-state index contributed by atoms with van der Waals surface area (Å²) >= 11 is 0. The molecule has 0 bridgehead atoms. The van der Waals surface area contributed by atoms with Gasteiger partial charge in [-0.3, -0.25) is 4.79 Å². The van der Waals surface area contributed by atoms with E-state index in [2.05, 4.69) is 10.3 Å². The molecule has 0 atom stereocenters. The topological polar surface area (TPSA) is 72.9 Å². The van der Waals surface area contributed by atoms with E-state index in [4.69, 9.17) is 5.73 Å². The third-order valence-electron chi connectivity index (χ3n) is 2.72. The summed E-state index contributed by atoms with van der Waals surface area (Å²) in [5, 5.41) is 2.83. The standard InChI is InChI=1S/C13H16N4O/c1-17-8-12(16-9-17)13(18)15-7-11-5-3-2-4-10(11)6-14/h2-5,8-9H,6-7,14H2,1H3,(H,15,18). The number of rotatable bonds is 4. The van der Waals surface area contributed by atoms with E-state index in [0.717, 1.165) is 11.1 Å². The van der Waals surface area contributed by atoms with Crippen LogP contribution in [-0.4, -0.2) is 15.5 Å². The number of carbonyl (C=O) groups excluding carboxylic acids is 1. The first kappa shape index (κ1) is 12.3. The number of amides is 1. The molecule has 0 unspecified atom stereocenters. The third kappa shape index (κ3) is 2.75. The maximum absolute atomic E-state index is 11.8. The van der Waals surface area contributed by atoms with Crippen molar-refractivity contribution in [3.05, 3.63) is 53.6 Å². The minimum Gasteiger partial charge on any atom is -0.347 e. The van der Waals surface area contributed by atoms with Gasteiger partial charge in [-0.05, 0) is 11.1 Å². The van der Waals surface area contributed by atoms with Crippen molar-refractivity contribution in [2.24, 2.45) is 12.8 Å². The number of aromatic nitrogens is 2. The van der Waals surface area contributed by atoms with Gasteiger partial charge in [0.15, 0.2) is 0 Å². The van der Waals surface area contributed by atoms with Crippen molar-refractivity contribution in [2.75, 3.05) is 0 Å². The lowest BCUT2D eigenvalue weighted by molar-refractivity contribution is 0.0946. The largest absolute Gasteiger partial charge is 0.347 e. The Morgan fingerprint density at radius 3 is 2.72 bits per heavy atom. The molecule has 1 amide bonds. The van der Waals surface area contributed by atoms with Crippen molar-refractivity contribution in [2.45, 2.75) is 13.1 Å². The summed E-state index contributed by atoms with van der Waals surface area (Å²) < 4.78 is 1.74. The van der Waals surface area contributed by atoms with Crippen molar-refractivity contribution >= 4 is 5.91 Å². The maximum atomic E-state index is 11.8. The molecule has 0 radical (unpaired) electrons. The molecule has 0 aliphatic rings. The van der Waals surface area contributed by atoms with Crippen LogP contribution in [-0.2, 0) is 20.1 Å². The second-order valence-corrected chi connectivity index (χ2v) is 4.08. The second kappa shape index (κ2) is 5.46. The van der Waals surface area contributed by atoms with Crippen LogP contribution in [0, 0.1) is 0 Å². The molecule has 5 nitrogen and oxygen atoms in total. The number of nitrogens with two attached hydrogens (primary N) is 1. The highest BCUT2D eigenvalue weighted by Gasteiger charge is 2.08. The molecule has 3 N–H and O–H groups in total. The van der Waals surface area contributed by atoms with E-state index >= 15 is 0 Å². The Morgan fingerprint density at radius 1 is 1.39 bits per heavy atom. The van der Waals surface area contributed by atoms with Crippen LogP contribution in [0.15, 0.2) is 36.8 Å². The lowest BCUT2D eigenvalue weighted by Gasteiger charge is -2.08. The fraction of sp³-hybridized carbons (Fsp3) is 0.231. The number of hydrogen-bond donors (Lipinski definition) is 2. The number of nitrogens with one attached hydrogen (secondary N) is 1. The summed E-state index contributed by atoms with van der Waals surface area (Å²) in [5.74, 6) is -0.178. The molecule has 0 aliphatic carbocycles. The summed E-state index contributed by atoms with van der Waals surface area (Å²) in [6.07, 6.45) is 3.28. The first-order valence-electron chi connectivity index (χ1n) is 5.73. The predicted molar refractivity (Wildman–Crippen MR) is 68.7 cm³/mol. The molecule has 1 aromatic heterocycles. The lowest BCUT2D eigenvalue weighted by Crippen LogP contribution is -2.24. The molecule has 1 aromatic carbocycles. The summed E-state index contributed by atoms with van der Waals surface area (Å²) in [6, 6.07) is 7.79. The number of carbonyl (C=O) groups is 1. The highest BCUT2D eigenvalue weighted by atomic mass is 16.1. The van der Waals surface area contributed by atoms with Gasteiger partial charge in [0.25, 0.3) is 5.91 Å². The molecular formula is C13H16N4O. The molecule has 2 aromatic rings. The number of nitrogens with zero attached hydrogens (tertiary/aromatic N) is 2. The van der Waals surface area contributed by atoms with Gasteiger partial charge in [0.2, 0.25) is 0 Å². The predicted octanol–water partition coefficient (Wildman–Crippen LogP) is 0.809. The Balaban J connectivity index is 2.01. The van der Waals surface area contributed by atoms with Crippen LogP contribution < -0.4 is 11.1 Å². The smallest absolute Gasteiger partial charge is 0.271 e. The summed E-state index contributed by atoms with van der Waals surface area (Å²) in [7, 11) is 1.83. The normalized spacial score (nSPS) is 10.3. The summed E-state index contributed by atoms with van der Waals surface area (Å²) in [5.41, 5.74) is 8.13. The van der Waals surface area contributed by atoms with Gasteiger partial charge >= 0.3 is 0 Å². The molecule has 0 saturated heterocycles. The molecule has 5 heteroatoms. The van der Waals surface area contributed by atoms with Crippen molar-refractivity contribution in [3.8, 4) is 0 Å². The van der Waals surface area contributed by atoms with Crippen molar-refractivity contribution in [1.82, 2.24) is 14.9 Å². The first-order chi connectivity index (χ1) is 8.70. The minimum absolute atomic E-state index is 0.178. The third-order valence-corrected chi connectivity index (χ3v) is 2.72. The lowest BCUT2D eigenvalue weighted by atomic mass is 10.1. The molecular weight excluding hydrogens is 228 g/mol. The second-order valence-electron chi connectivity index (χ2n) is 4.08. The zero-order valence-corrected chi connectivity index (χ0v) is 10.3. The van der Waals surface area contributed by atoms with Gasteiger partial charge in [0.1, 0.15) is 5.69 Å². The highest BCUT2D eigenvalue weighted by molar-refractivity contribution is 5.91. The Labute approximate surface area is 106 Å². The van der Waals surface area contributed by atoms with E-state index in [1.54, 1.807) is 17.1 Å². The quantitative estimate of drug-likeness (QED) is 0.836. The van der Waals surface area contributed by atoms with Gasteiger partial charge in [-0.15, -0.1) is 0 Å². The van der Waals surface area contributed by atoms with E-state index in [0.29, 0.717) is 18.8 Å². The molecule has 0 spiro atoms. The van der Waals surface area contributed by atoms with Gasteiger partial charge in [-0.1, -0.05) is 24.3 Å². The van der Waals surface area contributed by atoms with Gasteiger partial charge in [-0.2, -0.15) is 0 Å². The number of benzene rings is 1. The van der Waals surface area contributed by atoms with Crippen LogP contribution in [0.4, 0.5) is 0 Å². The SMILES string of the molecule is Cn1cnc(C(=O)NCc2ccccc2CN)c1. The van der Waals surface area contributed by atoms with Crippen LogP contribution >= 0.6 is 0 Å². The van der Waals surface area contributed by atoms with Crippen molar-refractivity contribution in [1.29, 1.82) is 0 Å². The van der Waals surface area contributed by atoms with Crippen molar-refractivity contribution in [3.63, 3.8) is 0 Å². The Hall–Kier alpha value is -2.14. The molecule has 0 aliphatic heterocycles. The Morgan fingerprint density at radius 2 is 2.11 bits per heavy atom. The zero-order chi connectivity index (χ0) is 13.0. The van der Waals surface area contributed by atoms with Crippen LogP contribution in [0.2, 0.25) is 0 Å². The first-order valence-corrected chi connectivity index (χ1v) is 5.73. The molecule has 2 rings (SSSR count). The van der Waals surface area contributed by atoms with Gasteiger partial charge in [0.05, 0.1) is 6.33 Å². The zero-order valence-electron chi connectivity index (χ0n) is 10.3. The van der Waals surface area contributed by atoms with Gasteiger partial charge in [0, 0.05) is 26.3 Å². The van der Waals surface area contributed by atoms with Crippen LogP contribution in [0.3, 0.4) is 0 Å². The van der Waals surface area contributed by atoms with Gasteiger partial charge < -0.3 is 15.6 Å². The molecule has 1 heterocycles. The fourth-order valence-electron chi connectivity index (χ4n) is 1.73. The van der Waals surface area contributed by atoms with E-state index < -0.39 is 0 Å². The maximum Gasteiger partial charge on any atom is 0.271 e. The van der Waals surface area contributed by atoms with Crippen LogP contribution in [0.5, 0.6) is 0 Å². The van der Waals surface area contributed by atoms with E-state index in [-0.39, 0.29) is 5.91 Å². The summed E-state index contributed by atoms with van der Waals surface area (Å²) in [6.45, 7) is 0.929. The minimum atomic E-state index is -0.178. The molecule has 18 heavy (non-hydrogen) atoms. The average Bonchev–Trinajstić information content (AvgIpc) is 2.83. The van der Waals surface area contributed by atoms with E-state index in [1.165, 1.54) is 0 Å². The van der Waals surface area contributed by atoms with Crippen LogP contribution in [0.1, 0.15) is 21.6 Å². The number of imidazole rings is 1. The average molecular weight is 244 g/mol. The van der Waals surface area contributed by atoms with Crippen LogP contribution in [0.25, 0.3) is 0 Å².